The van der Waals surface area contributed by atoms with Crippen LogP contribution in [0.2, 0.25) is 0 Å². The van der Waals surface area contributed by atoms with Gasteiger partial charge >= 0.3 is 0 Å². The molecule has 0 saturated carbocycles. The molecule has 0 atom stereocenters. The summed E-state index contributed by atoms with van der Waals surface area (Å²) in [6.07, 6.45) is 0. The van der Waals surface area contributed by atoms with Gasteiger partial charge in [-0.2, -0.15) is 0 Å². The Labute approximate surface area is 324 Å². The van der Waals surface area contributed by atoms with Crippen molar-refractivity contribution in [3.05, 3.63) is 212 Å². The van der Waals surface area contributed by atoms with Crippen molar-refractivity contribution < 1.29 is 0 Å². The van der Waals surface area contributed by atoms with Crippen LogP contribution in [0.5, 0.6) is 0 Å². The van der Waals surface area contributed by atoms with E-state index in [2.05, 4.69) is 232 Å². The van der Waals surface area contributed by atoms with E-state index in [9.17, 15) is 0 Å². The molecule has 0 bridgehead atoms. The van der Waals surface area contributed by atoms with Crippen LogP contribution in [0, 0.1) is 0 Å². The standard InChI is InChI=1S/C54H43N/c1-54(2,3)43-34-35-52(50(37-43)40-20-8-5-9-21-40)55(44-27-14-26-42(36-44)46-30-15-23-38-22-10-11-28-45(38)46)51-33-13-12-29-48(51)49-32-17-25-41-24-16-31-47(53(41)49)39-18-6-4-7-19-39/h4-37H,1-3H3. The summed E-state index contributed by atoms with van der Waals surface area (Å²) in [5, 5.41) is 4.96. The molecule has 0 N–H and O–H groups in total. The van der Waals surface area contributed by atoms with Crippen LogP contribution < -0.4 is 4.90 Å². The average molecular weight is 706 g/mol. The lowest BCUT2D eigenvalue weighted by molar-refractivity contribution is 0.590. The van der Waals surface area contributed by atoms with Crippen LogP contribution in [0.1, 0.15) is 26.3 Å². The van der Waals surface area contributed by atoms with Crippen LogP contribution in [0.15, 0.2) is 206 Å². The van der Waals surface area contributed by atoms with E-state index in [1.165, 1.54) is 71.6 Å². The van der Waals surface area contributed by atoms with Gasteiger partial charge in [0.1, 0.15) is 0 Å². The molecule has 9 aromatic rings. The van der Waals surface area contributed by atoms with Crippen molar-refractivity contribution in [3.8, 4) is 44.5 Å². The first-order valence-corrected chi connectivity index (χ1v) is 19.2. The predicted molar refractivity (Wildman–Crippen MR) is 237 cm³/mol. The van der Waals surface area contributed by atoms with Crippen LogP contribution in [0.25, 0.3) is 66.1 Å². The maximum absolute atomic E-state index is 2.49. The number of rotatable bonds is 7. The highest BCUT2D eigenvalue weighted by molar-refractivity contribution is 6.09. The van der Waals surface area contributed by atoms with Crippen LogP contribution >= 0.6 is 0 Å². The van der Waals surface area contributed by atoms with E-state index < -0.39 is 0 Å². The molecule has 9 aromatic carbocycles. The molecule has 264 valence electrons. The lowest BCUT2D eigenvalue weighted by Gasteiger charge is -2.32. The monoisotopic (exact) mass is 705 g/mol. The van der Waals surface area contributed by atoms with Gasteiger partial charge in [0, 0.05) is 16.8 Å². The Morgan fingerprint density at radius 2 is 0.873 bits per heavy atom. The van der Waals surface area contributed by atoms with Gasteiger partial charge in [-0.05, 0) is 96.2 Å². The third kappa shape index (κ3) is 6.49. The summed E-state index contributed by atoms with van der Waals surface area (Å²) in [7, 11) is 0. The van der Waals surface area contributed by atoms with Crippen molar-refractivity contribution in [2.24, 2.45) is 0 Å². The first kappa shape index (κ1) is 34.1. The van der Waals surface area contributed by atoms with Gasteiger partial charge in [0.05, 0.1) is 11.4 Å². The number of fused-ring (bicyclic) bond motifs is 2. The first-order chi connectivity index (χ1) is 26.9. The van der Waals surface area contributed by atoms with E-state index in [0.29, 0.717) is 0 Å². The second-order valence-electron chi connectivity index (χ2n) is 15.4. The second-order valence-corrected chi connectivity index (χ2v) is 15.4. The largest absolute Gasteiger partial charge is 0.309 e. The molecule has 0 aliphatic rings. The summed E-state index contributed by atoms with van der Waals surface area (Å²) in [5.74, 6) is 0. The molecule has 0 spiro atoms. The number of anilines is 3. The zero-order chi connectivity index (χ0) is 37.4. The summed E-state index contributed by atoms with van der Waals surface area (Å²) >= 11 is 0. The molecule has 0 aromatic heterocycles. The molecule has 0 fully saturated rings. The van der Waals surface area contributed by atoms with Gasteiger partial charge in [-0.15, -0.1) is 0 Å². The van der Waals surface area contributed by atoms with Crippen LogP contribution in [-0.4, -0.2) is 0 Å². The van der Waals surface area contributed by atoms with Crippen molar-refractivity contribution in [1.29, 1.82) is 0 Å². The molecule has 0 heterocycles. The predicted octanol–water partition coefficient (Wildman–Crippen LogP) is 15.4. The highest BCUT2D eigenvalue weighted by Gasteiger charge is 2.24. The normalized spacial score (nSPS) is 11.5. The van der Waals surface area contributed by atoms with Gasteiger partial charge in [0.2, 0.25) is 0 Å². The minimum atomic E-state index is -0.0180. The second kappa shape index (κ2) is 14.3. The summed E-state index contributed by atoms with van der Waals surface area (Å²) in [4.78, 5) is 2.49. The van der Waals surface area contributed by atoms with Gasteiger partial charge < -0.3 is 4.90 Å². The smallest absolute Gasteiger partial charge is 0.0540 e. The quantitative estimate of drug-likeness (QED) is 0.160. The minimum Gasteiger partial charge on any atom is -0.309 e. The van der Waals surface area contributed by atoms with Gasteiger partial charge in [-0.25, -0.2) is 0 Å². The molecular formula is C54H43N. The highest BCUT2D eigenvalue weighted by Crippen LogP contribution is 2.48. The maximum Gasteiger partial charge on any atom is 0.0540 e. The number of hydrogen-bond acceptors (Lipinski definition) is 1. The van der Waals surface area contributed by atoms with Crippen LogP contribution in [0.3, 0.4) is 0 Å². The van der Waals surface area contributed by atoms with E-state index in [4.69, 9.17) is 0 Å². The Bertz CT molecular complexity index is 2780. The Balaban J connectivity index is 1.34. The molecule has 0 amide bonds. The Kier molecular flexibility index (Phi) is 8.84. The third-order valence-electron chi connectivity index (χ3n) is 10.8. The molecule has 0 aliphatic heterocycles. The molecular weight excluding hydrogens is 663 g/mol. The van der Waals surface area contributed by atoms with Crippen LogP contribution in [0.4, 0.5) is 17.1 Å². The lowest BCUT2D eigenvalue weighted by atomic mass is 9.84. The lowest BCUT2D eigenvalue weighted by Crippen LogP contribution is -2.15. The number of hydrogen-bond donors (Lipinski definition) is 0. The van der Waals surface area contributed by atoms with Gasteiger partial charge in [-0.1, -0.05) is 197 Å². The third-order valence-corrected chi connectivity index (χ3v) is 10.8. The van der Waals surface area contributed by atoms with E-state index >= 15 is 0 Å². The topological polar surface area (TPSA) is 3.24 Å². The fraction of sp³-hybridized carbons (Fsp3) is 0.0741. The van der Waals surface area contributed by atoms with Crippen molar-refractivity contribution in [2.75, 3.05) is 4.90 Å². The fourth-order valence-electron chi connectivity index (χ4n) is 8.06. The van der Waals surface area contributed by atoms with Gasteiger partial charge in [0.15, 0.2) is 0 Å². The Morgan fingerprint density at radius 1 is 0.345 bits per heavy atom. The van der Waals surface area contributed by atoms with Gasteiger partial charge in [-0.3, -0.25) is 0 Å². The number of benzene rings is 9. The Hall–Kier alpha value is -6.70. The molecule has 9 rings (SSSR count). The first-order valence-electron chi connectivity index (χ1n) is 19.2. The molecule has 0 aliphatic carbocycles. The number of para-hydroxylation sites is 1. The maximum atomic E-state index is 2.49. The van der Waals surface area contributed by atoms with Crippen molar-refractivity contribution in [1.82, 2.24) is 0 Å². The number of nitrogens with zero attached hydrogens (tertiary/aromatic N) is 1. The molecule has 0 radical (unpaired) electrons. The van der Waals surface area contributed by atoms with Crippen LogP contribution in [-0.2, 0) is 5.41 Å². The summed E-state index contributed by atoms with van der Waals surface area (Å²) in [6.45, 7) is 6.88. The summed E-state index contributed by atoms with van der Waals surface area (Å²) < 4.78 is 0. The van der Waals surface area contributed by atoms with Gasteiger partial charge in [0.25, 0.3) is 0 Å². The fourth-order valence-corrected chi connectivity index (χ4v) is 8.06. The average Bonchev–Trinajstić information content (AvgIpc) is 3.24. The van der Waals surface area contributed by atoms with E-state index in [1.54, 1.807) is 0 Å². The Morgan fingerprint density at radius 3 is 1.62 bits per heavy atom. The molecule has 0 unspecified atom stereocenters. The molecule has 0 saturated heterocycles. The SMILES string of the molecule is CC(C)(C)c1ccc(N(c2cccc(-c3cccc4ccccc34)c2)c2ccccc2-c2cccc3cccc(-c4ccccc4)c23)c(-c2ccccc2)c1. The van der Waals surface area contributed by atoms with E-state index in [-0.39, 0.29) is 5.41 Å². The molecule has 1 heteroatoms. The van der Waals surface area contributed by atoms with Crippen molar-refractivity contribution in [3.63, 3.8) is 0 Å². The summed E-state index contributed by atoms with van der Waals surface area (Å²) in [6, 6.07) is 75.4. The summed E-state index contributed by atoms with van der Waals surface area (Å²) in [5.41, 5.74) is 14.2. The molecule has 1 nitrogen and oxygen atoms in total. The highest BCUT2D eigenvalue weighted by atomic mass is 15.1. The minimum absolute atomic E-state index is 0.0180. The van der Waals surface area contributed by atoms with Crippen molar-refractivity contribution in [2.45, 2.75) is 26.2 Å². The zero-order valence-corrected chi connectivity index (χ0v) is 31.6. The zero-order valence-electron chi connectivity index (χ0n) is 31.6. The van der Waals surface area contributed by atoms with E-state index in [0.717, 1.165) is 17.1 Å². The van der Waals surface area contributed by atoms with E-state index in [1.807, 2.05) is 0 Å². The van der Waals surface area contributed by atoms with Crippen molar-refractivity contribution >= 4 is 38.6 Å². The molecule has 55 heavy (non-hydrogen) atoms.